The van der Waals surface area contributed by atoms with Gasteiger partial charge >= 0.3 is 8.60 Å². The van der Waals surface area contributed by atoms with E-state index in [9.17, 15) is 0 Å². The fraction of sp³-hybridized carbons (Fsp3) is 0.727. The second-order valence-corrected chi connectivity index (χ2v) is 8.44. The minimum absolute atomic E-state index is 0.403. The van der Waals surface area contributed by atoms with Gasteiger partial charge in [0.15, 0.2) is 0 Å². The summed E-state index contributed by atoms with van der Waals surface area (Å²) in [5.41, 5.74) is 5.22. The third-order valence-corrected chi connectivity index (χ3v) is 5.25. The van der Waals surface area contributed by atoms with Gasteiger partial charge in [0.1, 0.15) is 5.75 Å². The van der Waals surface area contributed by atoms with Crippen molar-refractivity contribution in [3.05, 3.63) is 29.8 Å². The van der Waals surface area contributed by atoms with Crippen molar-refractivity contribution in [2.45, 2.75) is 83.1 Å². The second kappa shape index (κ2) is 18.9. The van der Waals surface area contributed by atoms with E-state index in [0.29, 0.717) is 5.75 Å². The highest BCUT2D eigenvalue weighted by Gasteiger charge is 2.20. The van der Waals surface area contributed by atoms with Gasteiger partial charge in [0, 0.05) is 0 Å². The number of nitrogens with two attached hydrogens (primary N) is 1. The molecular formula is C22H42NO6P. The Kier molecular flexibility index (Phi) is 18.4. The molecule has 8 heteroatoms. The van der Waals surface area contributed by atoms with Crippen molar-refractivity contribution < 1.29 is 29.6 Å². The van der Waals surface area contributed by atoms with E-state index in [2.05, 4.69) is 6.92 Å². The van der Waals surface area contributed by atoms with Crippen LogP contribution in [0.2, 0.25) is 0 Å². The zero-order valence-corrected chi connectivity index (χ0v) is 19.3. The van der Waals surface area contributed by atoms with E-state index in [0.717, 1.165) is 6.42 Å². The summed E-state index contributed by atoms with van der Waals surface area (Å²) >= 11 is 0. The molecule has 0 aliphatic heterocycles. The smallest absolute Gasteiger partial charge is 0.391 e. The molecule has 0 aromatic heterocycles. The van der Waals surface area contributed by atoms with Crippen LogP contribution in [0.5, 0.6) is 5.75 Å². The Morgan fingerprint density at radius 1 is 0.767 bits per heavy atom. The lowest BCUT2D eigenvalue weighted by atomic mass is 10.0. The highest BCUT2D eigenvalue weighted by atomic mass is 31.2. The normalized spacial score (nSPS) is 11.3. The predicted molar refractivity (Wildman–Crippen MR) is 122 cm³/mol. The van der Waals surface area contributed by atoms with E-state index < -0.39 is 34.0 Å². The third-order valence-electron chi connectivity index (χ3n) is 4.87. The van der Waals surface area contributed by atoms with Crippen LogP contribution in [0.3, 0.4) is 0 Å². The summed E-state index contributed by atoms with van der Waals surface area (Å²) in [5, 5.41) is 25.0. The summed E-state index contributed by atoms with van der Waals surface area (Å²) in [4.78, 5) is 17.6. The zero-order valence-electron chi connectivity index (χ0n) is 18.4. The largest absolute Gasteiger partial charge is 0.427 e. The van der Waals surface area contributed by atoms with Crippen molar-refractivity contribution in [1.82, 2.24) is 0 Å². The van der Waals surface area contributed by atoms with Crippen LogP contribution in [0.4, 0.5) is 0 Å². The van der Waals surface area contributed by atoms with Gasteiger partial charge in [0.2, 0.25) is 0 Å². The second-order valence-electron chi connectivity index (χ2n) is 7.76. The molecule has 7 nitrogen and oxygen atoms in total. The summed E-state index contributed by atoms with van der Waals surface area (Å²) in [6.45, 7) is 1.05. The first-order valence-electron chi connectivity index (χ1n) is 11.0. The number of hydrogen-bond donors (Lipinski definition) is 6. The van der Waals surface area contributed by atoms with Crippen LogP contribution in [0.15, 0.2) is 24.3 Å². The molecule has 7 N–H and O–H groups in total. The van der Waals surface area contributed by atoms with Gasteiger partial charge in [0.05, 0.1) is 25.4 Å². The number of hydrogen-bond acceptors (Lipinski definition) is 7. The molecule has 0 aliphatic carbocycles. The van der Waals surface area contributed by atoms with E-state index >= 15 is 0 Å². The summed E-state index contributed by atoms with van der Waals surface area (Å²) in [6.07, 6.45) is 14.6. The molecule has 1 rings (SSSR count). The van der Waals surface area contributed by atoms with Crippen molar-refractivity contribution >= 4 is 8.60 Å². The number of aryl methyl sites for hydroxylation is 1. The Hall–Kier alpha value is -0.790. The zero-order chi connectivity index (χ0) is 22.7. The standard InChI is InChI=1S/C18H31O3P.C4H11NO3/c1-2-3-4-5-6-7-8-9-10-11-12-17-13-15-18(16-14-17)21-22(19)20;5-4(1-6,2-7)3-8/h13-16,19-20H,2-12H2,1H3;6-8H,1-3,5H2. The molecule has 30 heavy (non-hydrogen) atoms. The van der Waals surface area contributed by atoms with Gasteiger partial charge < -0.3 is 35.4 Å². The maximum absolute atomic E-state index is 8.78. The molecule has 0 saturated carbocycles. The van der Waals surface area contributed by atoms with Crippen LogP contribution in [0, 0.1) is 0 Å². The maximum atomic E-state index is 8.78. The average molecular weight is 448 g/mol. The molecule has 0 aliphatic rings. The Morgan fingerprint density at radius 3 is 1.57 bits per heavy atom. The molecule has 0 fully saturated rings. The molecule has 0 amide bonds. The van der Waals surface area contributed by atoms with Gasteiger partial charge in [-0.05, 0) is 30.5 Å². The Balaban J connectivity index is 0.000000890. The summed E-state index contributed by atoms with van der Waals surface area (Å²) in [5.74, 6) is 0.517. The summed E-state index contributed by atoms with van der Waals surface area (Å²) < 4.78 is 4.85. The lowest BCUT2D eigenvalue weighted by Crippen LogP contribution is -2.50. The fourth-order valence-electron chi connectivity index (χ4n) is 2.78. The van der Waals surface area contributed by atoms with E-state index in [1.165, 1.54) is 69.8 Å². The number of benzene rings is 1. The number of rotatable bonds is 16. The van der Waals surface area contributed by atoms with Crippen molar-refractivity contribution in [1.29, 1.82) is 0 Å². The summed E-state index contributed by atoms with van der Waals surface area (Å²) in [6, 6.07) is 7.60. The van der Waals surface area contributed by atoms with E-state index in [4.69, 9.17) is 35.4 Å². The summed E-state index contributed by atoms with van der Waals surface area (Å²) in [7, 11) is -2.31. The topological polar surface area (TPSA) is 136 Å². The first-order valence-corrected chi connectivity index (χ1v) is 12.1. The third kappa shape index (κ3) is 16.0. The first-order chi connectivity index (χ1) is 14.4. The van der Waals surface area contributed by atoms with Gasteiger partial charge in [-0.2, -0.15) is 0 Å². The van der Waals surface area contributed by atoms with Crippen molar-refractivity contribution in [2.75, 3.05) is 19.8 Å². The Bertz CT molecular complexity index is 489. The maximum Gasteiger partial charge on any atom is 0.391 e. The van der Waals surface area contributed by atoms with Gasteiger partial charge in [-0.25, -0.2) is 0 Å². The molecule has 1 aromatic carbocycles. The lowest BCUT2D eigenvalue weighted by Gasteiger charge is -2.20. The molecule has 0 heterocycles. The molecule has 0 spiro atoms. The molecule has 0 atom stereocenters. The van der Waals surface area contributed by atoms with Crippen LogP contribution in [0.25, 0.3) is 0 Å². The molecule has 176 valence electrons. The Labute approximate surface area is 182 Å². The van der Waals surface area contributed by atoms with Crippen LogP contribution in [0.1, 0.15) is 76.7 Å². The first kappa shape index (κ1) is 29.2. The van der Waals surface area contributed by atoms with Crippen LogP contribution >= 0.6 is 8.60 Å². The molecule has 0 radical (unpaired) electrons. The molecular weight excluding hydrogens is 405 g/mol. The minimum Gasteiger partial charge on any atom is -0.427 e. The highest BCUT2D eigenvalue weighted by Crippen LogP contribution is 2.28. The lowest BCUT2D eigenvalue weighted by molar-refractivity contribution is 0.0697. The number of unbranched alkanes of at least 4 members (excludes halogenated alkanes) is 9. The fourth-order valence-corrected chi connectivity index (χ4v) is 3.09. The molecule has 0 bridgehead atoms. The number of aliphatic hydroxyl groups is 3. The molecule has 0 saturated heterocycles. The van der Waals surface area contributed by atoms with Crippen molar-refractivity contribution in [2.24, 2.45) is 5.73 Å². The average Bonchev–Trinajstić information content (AvgIpc) is 2.75. The highest BCUT2D eigenvalue weighted by molar-refractivity contribution is 7.39. The molecule has 0 unspecified atom stereocenters. The van der Waals surface area contributed by atoms with Gasteiger partial charge in [0.25, 0.3) is 0 Å². The quantitative estimate of drug-likeness (QED) is 0.169. The van der Waals surface area contributed by atoms with Gasteiger partial charge in [-0.15, -0.1) is 0 Å². The van der Waals surface area contributed by atoms with Crippen molar-refractivity contribution in [3.63, 3.8) is 0 Å². The monoisotopic (exact) mass is 447 g/mol. The van der Waals surface area contributed by atoms with Gasteiger partial charge in [-0.3, -0.25) is 0 Å². The van der Waals surface area contributed by atoms with Gasteiger partial charge in [-0.1, -0.05) is 76.8 Å². The van der Waals surface area contributed by atoms with Crippen LogP contribution in [-0.4, -0.2) is 50.5 Å². The predicted octanol–water partition coefficient (Wildman–Crippen LogP) is 3.40. The van der Waals surface area contributed by atoms with Crippen LogP contribution in [-0.2, 0) is 6.42 Å². The molecule has 1 aromatic rings. The van der Waals surface area contributed by atoms with E-state index in [1.54, 1.807) is 12.1 Å². The number of aliphatic hydroxyl groups excluding tert-OH is 3. The van der Waals surface area contributed by atoms with Crippen LogP contribution < -0.4 is 10.3 Å². The Morgan fingerprint density at radius 2 is 1.20 bits per heavy atom. The van der Waals surface area contributed by atoms with E-state index in [1.807, 2.05) is 12.1 Å². The van der Waals surface area contributed by atoms with Crippen molar-refractivity contribution in [3.8, 4) is 5.75 Å². The minimum atomic E-state index is -2.31. The SMILES string of the molecule is CCCCCCCCCCCCc1ccc(OP(O)O)cc1.NC(CO)(CO)CO. The van der Waals surface area contributed by atoms with E-state index in [-0.39, 0.29) is 0 Å².